The van der Waals surface area contributed by atoms with Crippen LogP contribution < -0.4 is 0 Å². The van der Waals surface area contributed by atoms with Crippen molar-refractivity contribution in [2.24, 2.45) is 0 Å². The Labute approximate surface area is 91.7 Å². The summed E-state index contributed by atoms with van der Waals surface area (Å²) in [6.45, 7) is 4.16. The van der Waals surface area contributed by atoms with Crippen molar-refractivity contribution in [3.63, 3.8) is 0 Å². The Morgan fingerprint density at radius 3 is 2.21 bits per heavy atom. The lowest BCUT2D eigenvalue weighted by atomic mass is 10.4. The van der Waals surface area contributed by atoms with Crippen LogP contribution in [0.15, 0.2) is 34.9 Å². The molecule has 14 heavy (non-hydrogen) atoms. The summed E-state index contributed by atoms with van der Waals surface area (Å²) in [5.74, 6) is 0.966. The molecular formula is C11H11BrN2. The molecule has 2 aromatic rings. The van der Waals surface area contributed by atoms with Gasteiger partial charge in [-0.1, -0.05) is 0 Å². The van der Waals surface area contributed by atoms with Gasteiger partial charge in [-0.05, 0) is 54.0 Å². The highest BCUT2D eigenvalue weighted by Gasteiger charge is 2.03. The van der Waals surface area contributed by atoms with Crippen LogP contribution in [-0.2, 0) is 0 Å². The first-order chi connectivity index (χ1) is 6.68. The van der Waals surface area contributed by atoms with E-state index in [1.165, 1.54) is 11.4 Å². The molecule has 0 spiro atoms. The first-order valence-electron chi connectivity index (χ1n) is 4.45. The minimum atomic E-state index is 0.966. The van der Waals surface area contributed by atoms with Crippen molar-refractivity contribution in [2.45, 2.75) is 13.8 Å². The van der Waals surface area contributed by atoms with E-state index in [2.05, 4.69) is 51.5 Å². The number of pyridine rings is 1. The van der Waals surface area contributed by atoms with E-state index in [1.807, 2.05) is 18.3 Å². The molecule has 0 aliphatic rings. The largest absolute Gasteiger partial charge is 0.303 e. The molecule has 0 aromatic carbocycles. The highest BCUT2D eigenvalue weighted by atomic mass is 79.9. The van der Waals surface area contributed by atoms with Crippen molar-refractivity contribution in [1.29, 1.82) is 0 Å². The van der Waals surface area contributed by atoms with Crippen LogP contribution in [0.3, 0.4) is 0 Å². The van der Waals surface area contributed by atoms with E-state index in [1.54, 1.807) is 0 Å². The molecule has 0 bridgehead atoms. The first-order valence-corrected chi connectivity index (χ1v) is 5.24. The Hall–Kier alpha value is -1.09. The molecule has 2 aromatic heterocycles. The summed E-state index contributed by atoms with van der Waals surface area (Å²) in [6, 6.07) is 8.20. The van der Waals surface area contributed by atoms with Crippen molar-refractivity contribution in [3.05, 3.63) is 46.3 Å². The van der Waals surface area contributed by atoms with Gasteiger partial charge in [-0.2, -0.15) is 0 Å². The van der Waals surface area contributed by atoms with Crippen LogP contribution in [-0.4, -0.2) is 9.55 Å². The van der Waals surface area contributed by atoms with E-state index in [0.29, 0.717) is 0 Å². The molecule has 2 nitrogen and oxygen atoms in total. The summed E-state index contributed by atoms with van der Waals surface area (Å²) >= 11 is 3.37. The lowest BCUT2D eigenvalue weighted by molar-refractivity contribution is 0.921. The quantitative estimate of drug-likeness (QED) is 0.760. The fourth-order valence-electron chi connectivity index (χ4n) is 1.53. The summed E-state index contributed by atoms with van der Waals surface area (Å²) in [7, 11) is 0. The molecule has 3 heteroatoms. The second-order valence-corrected chi connectivity index (χ2v) is 4.20. The molecule has 0 saturated carbocycles. The third-order valence-electron chi connectivity index (χ3n) is 2.21. The van der Waals surface area contributed by atoms with Gasteiger partial charge in [0, 0.05) is 22.1 Å². The zero-order valence-corrected chi connectivity index (χ0v) is 9.75. The summed E-state index contributed by atoms with van der Waals surface area (Å²) in [4.78, 5) is 4.36. The number of rotatable bonds is 1. The maximum atomic E-state index is 4.36. The van der Waals surface area contributed by atoms with Crippen LogP contribution in [0.5, 0.6) is 0 Å². The smallest absolute Gasteiger partial charge is 0.137 e. The van der Waals surface area contributed by atoms with Crippen LogP contribution in [0.2, 0.25) is 0 Å². The Morgan fingerprint density at radius 1 is 1.07 bits per heavy atom. The molecule has 2 rings (SSSR count). The topological polar surface area (TPSA) is 17.8 Å². The van der Waals surface area contributed by atoms with E-state index in [0.717, 1.165) is 10.3 Å². The number of halogens is 1. The van der Waals surface area contributed by atoms with Crippen LogP contribution in [0.1, 0.15) is 11.4 Å². The fourth-order valence-corrected chi connectivity index (χ4v) is 1.76. The van der Waals surface area contributed by atoms with Gasteiger partial charge in [-0.15, -0.1) is 0 Å². The summed E-state index contributed by atoms with van der Waals surface area (Å²) in [5.41, 5.74) is 2.41. The molecule has 0 atom stereocenters. The normalized spacial score (nSPS) is 10.5. The van der Waals surface area contributed by atoms with Crippen molar-refractivity contribution in [1.82, 2.24) is 9.55 Å². The van der Waals surface area contributed by atoms with Gasteiger partial charge in [0.25, 0.3) is 0 Å². The van der Waals surface area contributed by atoms with Gasteiger partial charge in [0.15, 0.2) is 0 Å². The summed E-state index contributed by atoms with van der Waals surface area (Å²) in [6.07, 6.45) is 1.81. The molecule has 0 amide bonds. The molecule has 0 fully saturated rings. The zero-order valence-electron chi connectivity index (χ0n) is 8.16. The van der Waals surface area contributed by atoms with Gasteiger partial charge in [-0.25, -0.2) is 4.98 Å². The van der Waals surface area contributed by atoms with Gasteiger partial charge in [0.2, 0.25) is 0 Å². The lowest BCUT2D eigenvalue weighted by Crippen LogP contribution is -2.00. The SMILES string of the molecule is Cc1ccc(C)n1-c1ccc(Br)cn1. The molecule has 0 aliphatic heterocycles. The standard InChI is InChI=1S/C11H11BrN2/c1-8-3-4-9(2)14(8)11-6-5-10(12)7-13-11/h3-7H,1-2H3. The molecule has 72 valence electrons. The number of hydrogen-bond acceptors (Lipinski definition) is 1. The van der Waals surface area contributed by atoms with E-state index in [4.69, 9.17) is 0 Å². The summed E-state index contributed by atoms with van der Waals surface area (Å²) in [5, 5.41) is 0. The van der Waals surface area contributed by atoms with E-state index < -0.39 is 0 Å². The molecule has 2 heterocycles. The van der Waals surface area contributed by atoms with Gasteiger partial charge in [-0.3, -0.25) is 0 Å². The Balaban J connectivity index is 2.54. The number of hydrogen-bond donors (Lipinski definition) is 0. The van der Waals surface area contributed by atoms with Crippen molar-refractivity contribution in [3.8, 4) is 5.82 Å². The second kappa shape index (κ2) is 3.58. The van der Waals surface area contributed by atoms with Gasteiger partial charge < -0.3 is 4.57 Å². The first kappa shape index (κ1) is 9.46. The highest BCUT2D eigenvalue weighted by molar-refractivity contribution is 9.10. The molecule has 0 aliphatic carbocycles. The van der Waals surface area contributed by atoms with E-state index >= 15 is 0 Å². The number of aromatic nitrogens is 2. The monoisotopic (exact) mass is 250 g/mol. The molecule has 0 unspecified atom stereocenters. The Bertz CT molecular complexity index is 423. The average Bonchev–Trinajstić information content (AvgIpc) is 2.49. The average molecular weight is 251 g/mol. The van der Waals surface area contributed by atoms with Crippen LogP contribution in [0.4, 0.5) is 0 Å². The Morgan fingerprint density at radius 2 is 1.71 bits per heavy atom. The predicted octanol–water partition coefficient (Wildman–Crippen LogP) is 3.25. The summed E-state index contributed by atoms with van der Waals surface area (Å²) < 4.78 is 3.13. The molecule has 0 radical (unpaired) electrons. The van der Waals surface area contributed by atoms with Gasteiger partial charge in [0.1, 0.15) is 5.82 Å². The molecular weight excluding hydrogens is 240 g/mol. The van der Waals surface area contributed by atoms with E-state index in [9.17, 15) is 0 Å². The van der Waals surface area contributed by atoms with Crippen molar-refractivity contribution < 1.29 is 0 Å². The number of nitrogens with zero attached hydrogens (tertiary/aromatic N) is 2. The van der Waals surface area contributed by atoms with Gasteiger partial charge >= 0.3 is 0 Å². The van der Waals surface area contributed by atoms with Crippen molar-refractivity contribution >= 4 is 15.9 Å². The highest BCUT2D eigenvalue weighted by Crippen LogP contribution is 2.15. The molecule has 0 N–H and O–H groups in total. The maximum absolute atomic E-state index is 4.36. The van der Waals surface area contributed by atoms with Crippen molar-refractivity contribution in [2.75, 3.05) is 0 Å². The lowest BCUT2D eigenvalue weighted by Gasteiger charge is -2.07. The van der Waals surface area contributed by atoms with Crippen LogP contribution in [0, 0.1) is 13.8 Å². The maximum Gasteiger partial charge on any atom is 0.137 e. The number of aryl methyl sites for hydroxylation is 2. The molecule has 0 saturated heterocycles. The minimum absolute atomic E-state index is 0.966. The predicted molar refractivity (Wildman–Crippen MR) is 60.7 cm³/mol. The van der Waals surface area contributed by atoms with Crippen LogP contribution in [0.25, 0.3) is 5.82 Å². The second-order valence-electron chi connectivity index (χ2n) is 3.29. The third-order valence-corrected chi connectivity index (χ3v) is 2.68. The van der Waals surface area contributed by atoms with Gasteiger partial charge in [0.05, 0.1) is 0 Å². The zero-order chi connectivity index (χ0) is 10.1. The van der Waals surface area contributed by atoms with E-state index in [-0.39, 0.29) is 0 Å². The Kier molecular flexibility index (Phi) is 2.42. The third kappa shape index (κ3) is 1.60. The minimum Gasteiger partial charge on any atom is -0.303 e. The fraction of sp³-hybridized carbons (Fsp3) is 0.182. The van der Waals surface area contributed by atoms with Crippen LogP contribution >= 0.6 is 15.9 Å².